The standard InChI is InChI=1S/C50H34N2O/c1-49(2)38-19-9-6-16-34(38)37-26-24-32(28-42(37)49)44-30-45(52-48(51-44)31-14-4-3-5-15-31)33-25-27-47-43(29-33)50(41-22-12-13-23-46(41)53-47)39-20-10-7-17-35(39)36-18-8-11-21-40(36)50/h3-30H,1-2H3. The normalized spacial score (nSPS) is 14.7. The first kappa shape index (κ1) is 30.1. The second kappa shape index (κ2) is 11.0. The van der Waals surface area contributed by atoms with Crippen LogP contribution in [0.4, 0.5) is 0 Å². The predicted octanol–water partition coefficient (Wildman–Crippen LogP) is 12.3. The zero-order valence-corrected chi connectivity index (χ0v) is 29.5. The summed E-state index contributed by atoms with van der Waals surface area (Å²) in [5, 5.41) is 0. The molecule has 0 fully saturated rings. The van der Waals surface area contributed by atoms with Crippen LogP contribution in [0, 0.1) is 0 Å². The minimum Gasteiger partial charge on any atom is -0.457 e. The van der Waals surface area contributed by atoms with E-state index in [9.17, 15) is 0 Å². The summed E-state index contributed by atoms with van der Waals surface area (Å²) in [6.45, 7) is 4.65. The highest BCUT2D eigenvalue weighted by atomic mass is 16.5. The van der Waals surface area contributed by atoms with Crippen molar-refractivity contribution in [1.82, 2.24) is 9.97 Å². The van der Waals surface area contributed by atoms with Crippen LogP contribution in [0.5, 0.6) is 11.5 Å². The molecule has 11 rings (SSSR count). The molecule has 2 aliphatic carbocycles. The van der Waals surface area contributed by atoms with E-state index in [-0.39, 0.29) is 5.41 Å². The molecule has 0 saturated carbocycles. The van der Waals surface area contributed by atoms with E-state index in [1.165, 1.54) is 44.5 Å². The maximum Gasteiger partial charge on any atom is 0.160 e. The maximum atomic E-state index is 6.73. The molecule has 3 aliphatic rings. The van der Waals surface area contributed by atoms with Gasteiger partial charge in [0, 0.05) is 33.2 Å². The van der Waals surface area contributed by atoms with E-state index in [0.29, 0.717) is 5.82 Å². The first-order chi connectivity index (χ1) is 26.0. The highest BCUT2D eigenvalue weighted by Crippen LogP contribution is 2.62. The summed E-state index contributed by atoms with van der Waals surface area (Å²) in [5.41, 5.74) is 16.8. The summed E-state index contributed by atoms with van der Waals surface area (Å²) in [4.78, 5) is 10.5. The van der Waals surface area contributed by atoms with Gasteiger partial charge in [0.15, 0.2) is 5.82 Å². The second-order valence-corrected chi connectivity index (χ2v) is 14.9. The largest absolute Gasteiger partial charge is 0.457 e. The summed E-state index contributed by atoms with van der Waals surface area (Å²) in [6, 6.07) is 60.9. The van der Waals surface area contributed by atoms with Gasteiger partial charge in [-0.3, -0.25) is 0 Å². The Bertz CT molecular complexity index is 2750. The average molecular weight is 679 g/mol. The number of hydrogen-bond acceptors (Lipinski definition) is 3. The molecular formula is C50H34N2O. The van der Waals surface area contributed by atoms with Gasteiger partial charge in [-0.25, -0.2) is 9.97 Å². The summed E-state index contributed by atoms with van der Waals surface area (Å²) in [6.07, 6.45) is 0. The first-order valence-electron chi connectivity index (χ1n) is 18.3. The van der Waals surface area contributed by atoms with Gasteiger partial charge in [0.1, 0.15) is 11.5 Å². The molecule has 0 N–H and O–H groups in total. The Labute approximate surface area is 309 Å². The molecule has 3 heteroatoms. The van der Waals surface area contributed by atoms with Crippen LogP contribution in [-0.2, 0) is 10.8 Å². The van der Waals surface area contributed by atoms with Gasteiger partial charge in [-0.15, -0.1) is 0 Å². The van der Waals surface area contributed by atoms with E-state index < -0.39 is 5.41 Å². The maximum absolute atomic E-state index is 6.73. The van der Waals surface area contributed by atoms with Crippen LogP contribution in [0.1, 0.15) is 47.2 Å². The van der Waals surface area contributed by atoms with Gasteiger partial charge in [-0.2, -0.15) is 0 Å². The van der Waals surface area contributed by atoms with Crippen LogP contribution in [-0.4, -0.2) is 9.97 Å². The number of para-hydroxylation sites is 1. The molecule has 0 bridgehead atoms. The quantitative estimate of drug-likeness (QED) is 0.187. The average Bonchev–Trinajstić information content (AvgIpc) is 3.64. The minimum absolute atomic E-state index is 0.114. The fourth-order valence-electron chi connectivity index (χ4n) is 9.34. The Morgan fingerprint density at radius 2 is 0.868 bits per heavy atom. The van der Waals surface area contributed by atoms with E-state index in [1.54, 1.807) is 0 Å². The number of fused-ring (bicyclic) bond motifs is 12. The van der Waals surface area contributed by atoms with E-state index >= 15 is 0 Å². The highest BCUT2D eigenvalue weighted by molar-refractivity contribution is 5.89. The topological polar surface area (TPSA) is 35.0 Å². The van der Waals surface area contributed by atoms with Gasteiger partial charge in [-0.1, -0.05) is 147 Å². The molecule has 3 nitrogen and oxygen atoms in total. The lowest BCUT2D eigenvalue weighted by Gasteiger charge is -2.39. The molecule has 7 aromatic carbocycles. The molecule has 8 aromatic rings. The van der Waals surface area contributed by atoms with Gasteiger partial charge in [-0.05, 0) is 80.9 Å². The Hall–Kier alpha value is -6.58. The third kappa shape index (κ3) is 4.16. The van der Waals surface area contributed by atoms with Crippen LogP contribution >= 0.6 is 0 Å². The van der Waals surface area contributed by atoms with E-state index in [4.69, 9.17) is 14.7 Å². The number of nitrogens with zero attached hydrogens (tertiary/aromatic N) is 2. The second-order valence-electron chi connectivity index (χ2n) is 14.9. The summed E-state index contributed by atoms with van der Waals surface area (Å²) < 4.78 is 6.73. The van der Waals surface area contributed by atoms with Gasteiger partial charge >= 0.3 is 0 Å². The number of ether oxygens (including phenoxy) is 1. The van der Waals surface area contributed by atoms with Gasteiger partial charge in [0.2, 0.25) is 0 Å². The molecule has 1 spiro atoms. The molecule has 0 radical (unpaired) electrons. The van der Waals surface area contributed by atoms with Crippen molar-refractivity contribution in [3.63, 3.8) is 0 Å². The van der Waals surface area contributed by atoms with Crippen molar-refractivity contribution < 1.29 is 4.74 Å². The van der Waals surface area contributed by atoms with Crippen LogP contribution in [0.2, 0.25) is 0 Å². The number of aromatic nitrogens is 2. The Kier molecular flexibility index (Phi) is 6.22. The van der Waals surface area contributed by atoms with Crippen molar-refractivity contribution in [3.05, 3.63) is 203 Å². The fraction of sp³-hybridized carbons (Fsp3) is 0.0800. The third-order valence-electron chi connectivity index (χ3n) is 11.8. The van der Waals surface area contributed by atoms with E-state index in [1.807, 2.05) is 18.2 Å². The zero-order chi connectivity index (χ0) is 35.3. The smallest absolute Gasteiger partial charge is 0.160 e. The van der Waals surface area contributed by atoms with Crippen LogP contribution < -0.4 is 4.74 Å². The molecular weight excluding hydrogens is 645 g/mol. The first-order valence-corrected chi connectivity index (χ1v) is 18.3. The van der Waals surface area contributed by atoms with Crippen molar-refractivity contribution in [1.29, 1.82) is 0 Å². The number of benzene rings is 7. The lowest BCUT2D eigenvalue weighted by molar-refractivity contribution is 0.436. The number of hydrogen-bond donors (Lipinski definition) is 0. The third-order valence-corrected chi connectivity index (χ3v) is 11.8. The molecule has 0 unspecified atom stereocenters. The molecule has 53 heavy (non-hydrogen) atoms. The van der Waals surface area contributed by atoms with Gasteiger partial charge in [0.25, 0.3) is 0 Å². The summed E-state index contributed by atoms with van der Waals surface area (Å²) in [5.74, 6) is 2.44. The predicted molar refractivity (Wildman–Crippen MR) is 213 cm³/mol. The van der Waals surface area contributed by atoms with Gasteiger partial charge in [0.05, 0.1) is 16.8 Å². The van der Waals surface area contributed by atoms with Crippen molar-refractivity contribution in [2.75, 3.05) is 0 Å². The Balaban J connectivity index is 1.14. The highest BCUT2D eigenvalue weighted by Gasteiger charge is 2.51. The number of rotatable bonds is 3. The van der Waals surface area contributed by atoms with Gasteiger partial charge < -0.3 is 4.74 Å². The fourth-order valence-corrected chi connectivity index (χ4v) is 9.34. The molecule has 0 atom stereocenters. The minimum atomic E-state index is -0.550. The molecule has 250 valence electrons. The zero-order valence-electron chi connectivity index (χ0n) is 29.5. The summed E-state index contributed by atoms with van der Waals surface area (Å²) in [7, 11) is 0. The lowest BCUT2D eigenvalue weighted by Crippen LogP contribution is -2.32. The Morgan fingerprint density at radius 1 is 0.377 bits per heavy atom. The van der Waals surface area contributed by atoms with E-state index in [0.717, 1.165) is 50.7 Å². The van der Waals surface area contributed by atoms with Crippen molar-refractivity contribution >= 4 is 0 Å². The molecule has 1 aromatic heterocycles. The van der Waals surface area contributed by atoms with Crippen LogP contribution in [0.25, 0.3) is 56.2 Å². The molecule has 1 aliphatic heterocycles. The summed E-state index contributed by atoms with van der Waals surface area (Å²) >= 11 is 0. The molecule has 2 heterocycles. The molecule has 0 amide bonds. The van der Waals surface area contributed by atoms with Crippen molar-refractivity contribution in [3.8, 4) is 67.7 Å². The van der Waals surface area contributed by atoms with Crippen LogP contribution in [0.15, 0.2) is 170 Å². The SMILES string of the molecule is CC1(C)c2ccccc2-c2ccc(-c3cc(-c4ccc5c(c4)C4(c6ccccc6O5)c5ccccc5-c5ccccc54)nc(-c4ccccc4)n3)cc21. The van der Waals surface area contributed by atoms with Crippen molar-refractivity contribution in [2.24, 2.45) is 0 Å². The lowest BCUT2D eigenvalue weighted by atomic mass is 9.66. The van der Waals surface area contributed by atoms with Crippen molar-refractivity contribution in [2.45, 2.75) is 24.7 Å². The van der Waals surface area contributed by atoms with E-state index in [2.05, 4.69) is 166 Å². The Morgan fingerprint density at radius 3 is 1.55 bits per heavy atom. The molecule has 0 saturated heterocycles. The monoisotopic (exact) mass is 678 g/mol. The van der Waals surface area contributed by atoms with Crippen LogP contribution in [0.3, 0.4) is 0 Å².